The van der Waals surface area contributed by atoms with Crippen molar-refractivity contribution >= 4 is 0 Å². The molecule has 2 aromatic rings. The van der Waals surface area contributed by atoms with Crippen LogP contribution in [0.25, 0.3) is 0 Å². The monoisotopic (exact) mass is 274 g/mol. The first-order valence-electron chi connectivity index (χ1n) is 6.33. The van der Waals surface area contributed by atoms with Gasteiger partial charge in [-0.3, -0.25) is 0 Å². The van der Waals surface area contributed by atoms with Crippen LogP contribution in [0.5, 0.6) is 23.0 Å². The Morgan fingerprint density at radius 2 is 1.30 bits per heavy atom. The van der Waals surface area contributed by atoms with Crippen LogP contribution in [0.2, 0.25) is 0 Å². The maximum Gasteiger partial charge on any atom is 0.123 e. The van der Waals surface area contributed by atoms with E-state index in [1.54, 1.807) is 19.9 Å². The van der Waals surface area contributed by atoms with E-state index < -0.39 is 0 Å². The van der Waals surface area contributed by atoms with Crippen LogP contribution in [0.3, 0.4) is 0 Å². The molecule has 4 nitrogen and oxygen atoms in total. The highest BCUT2D eigenvalue weighted by atomic mass is 16.3. The highest BCUT2D eigenvalue weighted by Crippen LogP contribution is 2.36. The quantitative estimate of drug-likeness (QED) is 0.678. The van der Waals surface area contributed by atoms with Crippen molar-refractivity contribution in [3.63, 3.8) is 0 Å². The molecule has 0 radical (unpaired) electrons. The summed E-state index contributed by atoms with van der Waals surface area (Å²) in [5, 5.41) is 39.1. The lowest BCUT2D eigenvalue weighted by Crippen LogP contribution is -1.98. The first-order chi connectivity index (χ1) is 9.31. The molecule has 20 heavy (non-hydrogen) atoms. The molecular formula is C16H18O4. The maximum absolute atomic E-state index is 10.0. The lowest BCUT2D eigenvalue weighted by molar-refractivity contribution is 0.440. The lowest BCUT2D eigenvalue weighted by Gasteiger charge is -2.15. The molecule has 0 aromatic heterocycles. The van der Waals surface area contributed by atoms with Gasteiger partial charge in [-0.05, 0) is 43.5 Å². The summed E-state index contributed by atoms with van der Waals surface area (Å²) < 4.78 is 0. The number of benzene rings is 2. The summed E-state index contributed by atoms with van der Waals surface area (Å²) in [7, 11) is 0. The van der Waals surface area contributed by atoms with E-state index in [0.29, 0.717) is 23.1 Å². The molecule has 0 atom stereocenters. The molecule has 0 bridgehead atoms. The molecule has 0 aliphatic carbocycles. The van der Waals surface area contributed by atoms with E-state index in [0.717, 1.165) is 11.1 Å². The second kappa shape index (κ2) is 4.96. The van der Waals surface area contributed by atoms with E-state index in [1.165, 1.54) is 12.1 Å². The molecule has 2 rings (SSSR count). The predicted octanol–water partition coefficient (Wildman–Crippen LogP) is 3.03. The average molecular weight is 274 g/mol. The van der Waals surface area contributed by atoms with Crippen LogP contribution in [0, 0.1) is 20.8 Å². The van der Waals surface area contributed by atoms with Crippen molar-refractivity contribution in [2.75, 3.05) is 0 Å². The molecule has 0 fully saturated rings. The molecule has 4 heteroatoms. The van der Waals surface area contributed by atoms with Crippen LogP contribution in [-0.4, -0.2) is 20.4 Å². The Morgan fingerprint density at radius 3 is 1.90 bits per heavy atom. The van der Waals surface area contributed by atoms with Crippen LogP contribution in [0.4, 0.5) is 0 Å². The number of phenols is 4. The second-order valence-corrected chi connectivity index (χ2v) is 5.08. The van der Waals surface area contributed by atoms with E-state index in [9.17, 15) is 20.4 Å². The standard InChI is InChI=1S/C16H18O4/c1-8-4-11(17)5-15(19)12(8)6-13-9(2)10(3)14(18)7-16(13)20/h4-5,7,17-20H,6H2,1-3H3. The van der Waals surface area contributed by atoms with Gasteiger partial charge in [-0.1, -0.05) is 0 Å². The summed E-state index contributed by atoms with van der Waals surface area (Å²) in [5.41, 5.74) is 3.53. The van der Waals surface area contributed by atoms with Crippen molar-refractivity contribution in [1.29, 1.82) is 0 Å². The van der Waals surface area contributed by atoms with Crippen molar-refractivity contribution < 1.29 is 20.4 Å². The van der Waals surface area contributed by atoms with Gasteiger partial charge in [0.15, 0.2) is 0 Å². The third kappa shape index (κ3) is 2.37. The molecule has 0 amide bonds. The lowest BCUT2D eigenvalue weighted by atomic mass is 9.93. The number of rotatable bonds is 2. The van der Waals surface area contributed by atoms with Gasteiger partial charge >= 0.3 is 0 Å². The molecule has 0 aliphatic rings. The molecule has 2 aromatic carbocycles. The summed E-state index contributed by atoms with van der Waals surface area (Å²) in [6.07, 6.45) is 0.330. The fourth-order valence-corrected chi connectivity index (χ4v) is 2.35. The Morgan fingerprint density at radius 1 is 0.700 bits per heavy atom. The van der Waals surface area contributed by atoms with Crippen molar-refractivity contribution in [2.24, 2.45) is 0 Å². The third-order valence-electron chi connectivity index (χ3n) is 3.77. The summed E-state index contributed by atoms with van der Waals surface area (Å²) in [6, 6.07) is 4.15. The van der Waals surface area contributed by atoms with Crippen LogP contribution < -0.4 is 0 Å². The van der Waals surface area contributed by atoms with Gasteiger partial charge in [0.1, 0.15) is 23.0 Å². The Balaban J connectivity index is 2.54. The van der Waals surface area contributed by atoms with Gasteiger partial charge in [0.05, 0.1) is 0 Å². The molecule has 4 N–H and O–H groups in total. The van der Waals surface area contributed by atoms with Gasteiger partial charge in [0.2, 0.25) is 0 Å². The van der Waals surface area contributed by atoms with Crippen LogP contribution in [0.15, 0.2) is 18.2 Å². The Bertz CT molecular complexity index is 652. The Hall–Kier alpha value is -2.36. The number of aryl methyl sites for hydroxylation is 1. The fraction of sp³-hybridized carbons (Fsp3) is 0.250. The van der Waals surface area contributed by atoms with E-state index in [-0.39, 0.29) is 23.0 Å². The summed E-state index contributed by atoms with van der Waals surface area (Å²) in [4.78, 5) is 0. The van der Waals surface area contributed by atoms with Crippen molar-refractivity contribution in [3.05, 3.63) is 46.0 Å². The summed E-state index contributed by atoms with van der Waals surface area (Å²) >= 11 is 0. The molecule has 0 saturated heterocycles. The fourth-order valence-electron chi connectivity index (χ4n) is 2.35. The van der Waals surface area contributed by atoms with Gasteiger partial charge in [-0.15, -0.1) is 0 Å². The number of aromatic hydroxyl groups is 4. The molecule has 0 saturated carbocycles. The second-order valence-electron chi connectivity index (χ2n) is 5.08. The number of hydrogen-bond donors (Lipinski definition) is 4. The molecular weight excluding hydrogens is 256 g/mol. The van der Waals surface area contributed by atoms with Crippen LogP contribution in [0.1, 0.15) is 27.8 Å². The van der Waals surface area contributed by atoms with Gasteiger partial charge in [-0.25, -0.2) is 0 Å². The van der Waals surface area contributed by atoms with Gasteiger partial charge in [-0.2, -0.15) is 0 Å². The predicted molar refractivity (Wildman–Crippen MR) is 76.6 cm³/mol. The summed E-state index contributed by atoms with van der Waals surface area (Å²) in [6.45, 7) is 5.38. The molecule has 0 heterocycles. The Labute approximate surface area is 117 Å². The minimum Gasteiger partial charge on any atom is -0.508 e. The van der Waals surface area contributed by atoms with E-state index >= 15 is 0 Å². The van der Waals surface area contributed by atoms with Crippen molar-refractivity contribution in [3.8, 4) is 23.0 Å². The molecule has 0 unspecified atom stereocenters. The number of phenolic OH excluding ortho intramolecular Hbond substituents is 4. The zero-order valence-corrected chi connectivity index (χ0v) is 11.7. The van der Waals surface area contributed by atoms with Gasteiger partial charge in [0, 0.05) is 29.7 Å². The first-order valence-corrected chi connectivity index (χ1v) is 6.33. The Kier molecular flexibility index (Phi) is 3.49. The third-order valence-corrected chi connectivity index (χ3v) is 3.77. The molecule has 0 aliphatic heterocycles. The zero-order chi connectivity index (χ0) is 15.0. The maximum atomic E-state index is 10.0. The zero-order valence-electron chi connectivity index (χ0n) is 11.7. The van der Waals surface area contributed by atoms with Gasteiger partial charge < -0.3 is 20.4 Å². The van der Waals surface area contributed by atoms with E-state index in [1.807, 2.05) is 6.92 Å². The van der Waals surface area contributed by atoms with Crippen molar-refractivity contribution in [2.45, 2.75) is 27.2 Å². The van der Waals surface area contributed by atoms with Crippen LogP contribution >= 0.6 is 0 Å². The average Bonchev–Trinajstić information content (AvgIpc) is 2.34. The van der Waals surface area contributed by atoms with E-state index in [2.05, 4.69) is 0 Å². The molecule has 0 spiro atoms. The largest absolute Gasteiger partial charge is 0.508 e. The van der Waals surface area contributed by atoms with E-state index in [4.69, 9.17) is 0 Å². The summed E-state index contributed by atoms with van der Waals surface area (Å²) in [5.74, 6) is 0.0477. The normalized spacial score (nSPS) is 10.8. The van der Waals surface area contributed by atoms with Crippen molar-refractivity contribution in [1.82, 2.24) is 0 Å². The van der Waals surface area contributed by atoms with Crippen LogP contribution in [-0.2, 0) is 6.42 Å². The molecule has 106 valence electrons. The minimum absolute atomic E-state index is 0.00234. The minimum atomic E-state index is -0.00738. The smallest absolute Gasteiger partial charge is 0.123 e. The SMILES string of the molecule is Cc1cc(O)cc(O)c1Cc1c(O)cc(O)c(C)c1C. The first kappa shape index (κ1) is 14.1. The topological polar surface area (TPSA) is 80.9 Å². The highest BCUT2D eigenvalue weighted by molar-refractivity contribution is 5.55. The van der Waals surface area contributed by atoms with Gasteiger partial charge in [0.25, 0.3) is 0 Å². The number of hydrogen-bond acceptors (Lipinski definition) is 4. The highest BCUT2D eigenvalue weighted by Gasteiger charge is 2.15.